The molecule has 0 saturated heterocycles. The van der Waals surface area contributed by atoms with Crippen LogP contribution in [0.4, 0.5) is 5.69 Å². The van der Waals surface area contributed by atoms with E-state index in [1.54, 1.807) is 6.92 Å². The number of nitrogens with two attached hydrogens (primary N) is 1. The number of ether oxygens (including phenoxy) is 1. The number of carbonyl (C=O) groups excluding carboxylic acids is 2. The Morgan fingerprint density at radius 2 is 1.93 bits per heavy atom. The van der Waals surface area contributed by atoms with Crippen LogP contribution in [0.1, 0.15) is 30.9 Å². The normalized spacial score (nSPS) is 15.7. The highest BCUT2D eigenvalue weighted by Crippen LogP contribution is 2.42. The Kier molecular flexibility index (Phi) is 6.71. The van der Waals surface area contributed by atoms with Crippen LogP contribution in [0, 0.1) is 0 Å². The minimum Gasteiger partial charge on any atom is -0.463 e. The third-order valence-corrected chi connectivity index (χ3v) is 5.23. The van der Waals surface area contributed by atoms with Gasteiger partial charge in [-0.15, -0.1) is 0 Å². The van der Waals surface area contributed by atoms with E-state index in [9.17, 15) is 9.59 Å². The third-order valence-electron chi connectivity index (χ3n) is 4.74. The molecule has 2 aromatic carbocycles. The van der Waals surface area contributed by atoms with E-state index in [1.807, 2.05) is 53.4 Å². The molecule has 6 nitrogen and oxygen atoms in total. The number of carbonyl (C=O) groups is 2. The summed E-state index contributed by atoms with van der Waals surface area (Å²) >= 11 is 3.52. The van der Waals surface area contributed by atoms with Gasteiger partial charge < -0.3 is 20.7 Å². The molecule has 3 N–H and O–H groups in total. The second-order valence-electron chi connectivity index (χ2n) is 6.73. The van der Waals surface area contributed by atoms with Crippen molar-refractivity contribution in [2.24, 2.45) is 5.73 Å². The number of nitrogens with zero attached hydrogens (tertiary/aromatic N) is 1. The lowest BCUT2D eigenvalue weighted by molar-refractivity contribution is -0.139. The predicted octanol–water partition coefficient (Wildman–Crippen LogP) is 3.42. The zero-order valence-corrected chi connectivity index (χ0v) is 18.0. The Labute approximate surface area is 178 Å². The van der Waals surface area contributed by atoms with Gasteiger partial charge in [-0.05, 0) is 36.2 Å². The Balaban J connectivity index is 2.23. The van der Waals surface area contributed by atoms with Gasteiger partial charge in [-0.25, -0.2) is 4.79 Å². The molecule has 0 radical (unpaired) electrons. The van der Waals surface area contributed by atoms with Crippen molar-refractivity contribution in [1.82, 2.24) is 5.32 Å². The average Bonchev–Trinajstić information content (AvgIpc) is 2.69. The van der Waals surface area contributed by atoms with Crippen LogP contribution in [0.15, 0.2) is 64.4 Å². The van der Waals surface area contributed by atoms with Gasteiger partial charge in [0.05, 0.1) is 12.2 Å². The molecule has 0 fully saturated rings. The van der Waals surface area contributed by atoms with Crippen LogP contribution >= 0.6 is 15.9 Å². The fourth-order valence-electron chi connectivity index (χ4n) is 3.56. The van der Waals surface area contributed by atoms with Crippen molar-refractivity contribution in [3.05, 3.63) is 75.5 Å². The van der Waals surface area contributed by atoms with Crippen LogP contribution in [0.3, 0.4) is 0 Å². The summed E-state index contributed by atoms with van der Waals surface area (Å²) in [6, 6.07) is 15.7. The van der Waals surface area contributed by atoms with Gasteiger partial charge in [-0.3, -0.25) is 4.79 Å². The Morgan fingerprint density at radius 3 is 2.55 bits per heavy atom. The van der Waals surface area contributed by atoms with Crippen LogP contribution in [0.25, 0.3) is 0 Å². The summed E-state index contributed by atoms with van der Waals surface area (Å²) in [5, 5.41) is 2.86. The van der Waals surface area contributed by atoms with E-state index in [1.165, 1.54) is 6.92 Å². The van der Waals surface area contributed by atoms with Gasteiger partial charge in [0.25, 0.3) is 0 Å². The van der Waals surface area contributed by atoms with Gasteiger partial charge in [0.15, 0.2) is 0 Å². The third kappa shape index (κ3) is 4.52. The molecule has 0 bridgehead atoms. The summed E-state index contributed by atoms with van der Waals surface area (Å²) in [4.78, 5) is 26.9. The molecular formula is C22H24BrN3O3. The largest absolute Gasteiger partial charge is 0.463 e. The molecule has 29 heavy (non-hydrogen) atoms. The van der Waals surface area contributed by atoms with E-state index in [0.717, 1.165) is 21.3 Å². The molecule has 3 rings (SSSR count). The lowest BCUT2D eigenvalue weighted by atomic mass is 9.85. The van der Waals surface area contributed by atoms with E-state index in [4.69, 9.17) is 10.5 Å². The zero-order chi connectivity index (χ0) is 21.0. The van der Waals surface area contributed by atoms with Crippen LogP contribution in [-0.4, -0.2) is 25.0 Å². The fourth-order valence-corrected chi connectivity index (χ4v) is 3.94. The SMILES string of the molecule is CCOC(=O)C1=C(NC(C)=O)N(Cc2ccccc2)c2ccc(Br)cc2C1CN. The summed E-state index contributed by atoms with van der Waals surface area (Å²) in [6.45, 7) is 4.09. The van der Waals surface area contributed by atoms with E-state index in [-0.39, 0.29) is 19.1 Å². The number of amides is 1. The molecule has 1 aliphatic rings. The van der Waals surface area contributed by atoms with Crippen molar-refractivity contribution in [2.45, 2.75) is 26.3 Å². The number of rotatable bonds is 6. The van der Waals surface area contributed by atoms with Crippen LogP contribution in [0.2, 0.25) is 0 Å². The van der Waals surface area contributed by atoms with Crippen molar-refractivity contribution < 1.29 is 14.3 Å². The van der Waals surface area contributed by atoms with Gasteiger partial charge in [-0.2, -0.15) is 0 Å². The highest BCUT2D eigenvalue weighted by Gasteiger charge is 2.37. The second kappa shape index (κ2) is 9.24. The highest BCUT2D eigenvalue weighted by molar-refractivity contribution is 9.10. The maximum Gasteiger partial charge on any atom is 0.338 e. The smallest absolute Gasteiger partial charge is 0.338 e. The zero-order valence-electron chi connectivity index (χ0n) is 16.4. The van der Waals surface area contributed by atoms with Gasteiger partial charge in [0, 0.05) is 36.1 Å². The maximum absolute atomic E-state index is 12.9. The molecule has 1 amide bonds. The van der Waals surface area contributed by atoms with Crippen LogP contribution < -0.4 is 16.0 Å². The molecule has 0 aromatic heterocycles. The minimum absolute atomic E-state index is 0.208. The summed E-state index contributed by atoms with van der Waals surface area (Å²) in [5.41, 5.74) is 9.31. The lowest BCUT2D eigenvalue weighted by Gasteiger charge is -2.38. The minimum atomic E-state index is -0.476. The van der Waals surface area contributed by atoms with Crippen molar-refractivity contribution in [2.75, 3.05) is 18.1 Å². The predicted molar refractivity (Wildman–Crippen MR) is 116 cm³/mol. The monoisotopic (exact) mass is 457 g/mol. The summed E-state index contributed by atoms with van der Waals surface area (Å²) in [7, 11) is 0. The first-order chi connectivity index (χ1) is 14.0. The molecule has 152 valence electrons. The Bertz CT molecular complexity index is 944. The maximum atomic E-state index is 12.9. The van der Waals surface area contributed by atoms with Gasteiger partial charge in [0.2, 0.25) is 5.91 Å². The van der Waals surface area contributed by atoms with E-state index in [0.29, 0.717) is 17.9 Å². The molecule has 2 aromatic rings. The van der Waals surface area contributed by atoms with E-state index >= 15 is 0 Å². The van der Waals surface area contributed by atoms with Gasteiger partial charge in [0.1, 0.15) is 5.82 Å². The van der Waals surface area contributed by atoms with Crippen LogP contribution in [-0.2, 0) is 20.9 Å². The molecule has 1 atom stereocenters. The molecule has 1 aliphatic heterocycles. The van der Waals surface area contributed by atoms with Crippen molar-refractivity contribution in [3.63, 3.8) is 0 Å². The Morgan fingerprint density at radius 1 is 1.21 bits per heavy atom. The molecule has 0 spiro atoms. The van der Waals surface area contributed by atoms with Crippen molar-refractivity contribution in [3.8, 4) is 0 Å². The molecule has 1 unspecified atom stereocenters. The Hall–Kier alpha value is -2.64. The first-order valence-corrected chi connectivity index (χ1v) is 10.2. The quantitative estimate of drug-likeness (QED) is 0.649. The molecule has 0 aliphatic carbocycles. The number of esters is 1. The lowest BCUT2D eigenvalue weighted by Crippen LogP contribution is -2.42. The summed E-state index contributed by atoms with van der Waals surface area (Å²) in [5.74, 6) is -0.716. The highest BCUT2D eigenvalue weighted by atomic mass is 79.9. The number of fused-ring (bicyclic) bond motifs is 1. The average molecular weight is 458 g/mol. The van der Waals surface area contributed by atoms with Crippen LogP contribution in [0.5, 0.6) is 0 Å². The fraction of sp³-hybridized carbons (Fsp3) is 0.273. The second-order valence-corrected chi connectivity index (χ2v) is 7.64. The van der Waals surface area contributed by atoms with Gasteiger partial charge in [-0.1, -0.05) is 46.3 Å². The first kappa shape index (κ1) is 21.1. The summed E-state index contributed by atoms with van der Waals surface area (Å²) in [6.07, 6.45) is 0. The first-order valence-electron chi connectivity index (χ1n) is 9.46. The summed E-state index contributed by atoms with van der Waals surface area (Å²) < 4.78 is 6.22. The molecular weight excluding hydrogens is 434 g/mol. The number of hydrogen-bond acceptors (Lipinski definition) is 5. The van der Waals surface area contributed by atoms with E-state index in [2.05, 4.69) is 21.2 Å². The number of nitrogens with one attached hydrogen (secondary N) is 1. The topological polar surface area (TPSA) is 84.7 Å². The molecule has 0 saturated carbocycles. The van der Waals surface area contributed by atoms with E-state index < -0.39 is 11.9 Å². The molecule has 1 heterocycles. The van der Waals surface area contributed by atoms with Gasteiger partial charge >= 0.3 is 5.97 Å². The number of hydrogen-bond donors (Lipinski definition) is 2. The number of anilines is 1. The molecule has 7 heteroatoms. The van der Waals surface area contributed by atoms with Crippen molar-refractivity contribution in [1.29, 1.82) is 0 Å². The number of halogens is 1. The number of benzene rings is 2. The van der Waals surface area contributed by atoms with Crippen molar-refractivity contribution >= 4 is 33.5 Å². The standard InChI is InChI=1S/C22H24BrN3O3/c1-3-29-22(28)20-18(12-24)17-11-16(23)9-10-19(17)26(21(20)25-14(2)27)13-15-7-5-4-6-8-15/h4-11,18H,3,12-13,24H2,1-2H3,(H,25,27).